The third kappa shape index (κ3) is 2.27. The van der Waals surface area contributed by atoms with Gasteiger partial charge in [-0.2, -0.15) is 0 Å². The summed E-state index contributed by atoms with van der Waals surface area (Å²) in [5.41, 5.74) is -0.0642. The van der Waals surface area contributed by atoms with Crippen molar-refractivity contribution in [3.05, 3.63) is 11.6 Å². The van der Waals surface area contributed by atoms with Crippen LogP contribution in [0.1, 0.15) is 65.7 Å². The van der Waals surface area contributed by atoms with E-state index < -0.39 is 5.41 Å². The van der Waals surface area contributed by atoms with E-state index in [0.717, 1.165) is 38.3 Å². The number of hydrogen-bond donors (Lipinski definition) is 0. The van der Waals surface area contributed by atoms with Crippen LogP contribution in [-0.4, -0.2) is 18.4 Å². The molecule has 0 radical (unpaired) electrons. The molecule has 0 saturated heterocycles. The predicted molar refractivity (Wildman–Crippen MR) is 88.8 cm³/mol. The van der Waals surface area contributed by atoms with Gasteiger partial charge in [0, 0.05) is 0 Å². The maximum Gasteiger partial charge on any atom is 0.169 e. The molecule has 1 unspecified atom stereocenters. The molecule has 2 fully saturated rings. The number of hydrogen-bond acceptors (Lipinski definition) is 3. The first-order valence-electron chi connectivity index (χ1n) is 8.97. The molecular formula is C20H28O3. The van der Waals surface area contributed by atoms with Gasteiger partial charge in [-0.25, -0.2) is 0 Å². The van der Waals surface area contributed by atoms with E-state index in [4.69, 9.17) is 0 Å². The van der Waals surface area contributed by atoms with Crippen molar-refractivity contribution >= 4 is 18.4 Å². The van der Waals surface area contributed by atoms with E-state index in [1.807, 2.05) is 0 Å². The van der Waals surface area contributed by atoms with Gasteiger partial charge in [0.2, 0.25) is 0 Å². The van der Waals surface area contributed by atoms with E-state index in [2.05, 4.69) is 20.8 Å². The van der Waals surface area contributed by atoms with Crippen LogP contribution >= 0.6 is 0 Å². The third-order valence-corrected chi connectivity index (χ3v) is 7.40. The van der Waals surface area contributed by atoms with Gasteiger partial charge in [0.25, 0.3) is 0 Å². The molecule has 0 aromatic heterocycles. The molecule has 23 heavy (non-hydrogen) atoms. The fourth-order valence-corrected chi connectivity index (χ4v) is 6.31. The minimum atomic E-state index is -0.899. The molecule has 0 amide bonds. The van der Waals surface area contributed by atoms with Crippen LogP contribution in [0.4, 0.5) is 0 Å². The van der Waals surface area contributed by atoms with E-state index in [1.165, 1.54) is 12.5 Å². The van der Waals surface area contributed by atoms with E-state index in [1.54, 1.807) is 0 Å². The summed E-state index contributed by atoms with van der Waals surface area (Å²) in [5.74, 6) is 0.486. The summed E-state index contributed by atoms with van der Waals surface area (Å²) in [4.78, 5) is 36.2. The van der Waals surface area contributed by atoms with Gasteiger partial charge in [-0.05, 0) is 72.8 Å². The minimum absolute atomic E-state index is 0.0166. The summed E-state index contributed by atoms with van der Waals surface area (Å²) < 4.78 is 0. The SMILES string of the molecule is CC1(C)CCC[C@@]2(C)C1CC[C@@]1(C=O)C(=O)C=C(C=O)CC[C@@H]12. The number of aldehydes is 2. The summed E-state index contributed by atoms with van der Waals surface area (Å²) in [5, 5.41) is 0. The zero-order valence-electron chi connectivity index (χ0n) is 14.6. The maximum absolute atomic E-state index is 12.9. The topological polar surface area (TPSA) is 51.2 Å². The van der Waals surface area contributed by atoms with E-state index in [0.29, 0.717) is 24.3 Å². The monoisotopic (exact) mass is 316 g/mol. The lowest BCUT2D eigenvalue weighted by atomic mass is 9.42. The van der Waals surface area contributed by atoms with Crippen molar-refractivity contribution in [2.24, 2.45) is 28.1 Å². The number of fused-ring (bicyclic) bond motifs is 3. The van der Waals surface area contributed by atoms with E-state index in [-0.39, 0.29) is 22.5 Å². The summed E-state index contributed by atoms with van der Waals surface area (Å²) in [7, 11) is 0. The molecule has 3 rings (SSSR count). The average Bonchev–Trinajstić information content (AvgIpc) is 2.64. The van der Waals surface area contributed by atoms with Crippen LogP contribution in [0.2, 0.25) is 0 Å². The lowest BCUT2D eigenvalue weighted by molar-refractivity contribution is -0.161. The van der Waals surface area contributed by atoms with Gasteiger partial charge in [-0.3, -0.25) is 9.59 Å². The Hall–Kier alpha value is -1.25. The molecule has 0 spiro atoms. The van der Waals surface area contributed by atoms with Gasteiger partial charge in [-0.1, -0.05) is 27.2 Å². The summed E-state index contributed by atoms with van der Waals surface area (Å²) in [6.45, 7) is 6.99. The van der Waals surface area contributed by atoms with Crippen molar-refractivity contribution < 1.29 is 14.4 Å². The maximum atomic E-state index is 12.9. The Bertz CT molecular complexity index is 573. The first-order chi connectivity index (χ1) is 10.8. The van der Waals surface area contributed by atoms with Crippen LogP contribution in [-0.2, 0) is 14.4 Å². The molecule has 0 N–H and O–H groups in total. The highest BCUT2D eigenvalue weighted by atomic mass is 16.1. The zero-order chi connectivity index (χ0) is 16.9. The number of rotatable bonds is 2. The van der Waals surface area contributed by atoms with Crippen LogP contribution < -0.4 is 0 Å². The largest absolute Gasteiger partial charge is 0.302 e. The Morgan fingerprint density at radius 3 is 2.43 bits per heavy atom. The molecule has 3 aliphatic carbocycles. The second-order valence-electron chi connectivity index (χ2n) is 8.89. The van der Waals surface area contributed by atoms with Crippen LogP contribution in [0.25, 0.3) is 0 Å². The molecule has 4 atom stereocenters. The molecule has 2 saturated carbocycles. The van der Waals surface area contributed by atoms with Gasteiger partial charge in [-0.15, -0.1) is 0 Å². The Balaban J connectivity index is 2.08. The fraction of sp³-hybridized carbons (Fsp3) is 0.750. The molecule has 0 bridgehead atoms. The van der Waals surface area contributed by atoms with Crippen molar-refractivity contribution in [2.45, 2.75) is 65.7 Å². The van der Waals surface area contributed by atoms with Gasteiger partial charge in [0.15, 0.2) is 5.78 Å². The highest BCUT2D eigenvalue weighted by Crippen LogP contribution is 2.65. The van der Waals surface area contributed by atoms with Gasteiger partial charge in [0.05, 0.1) is 5.41 Å². The summed E-state index contributed by atoms with van der Waals surface area (Å²) in [6.07, 6.45) is 9.63. The lowest BCUT2D eigenvalue weighted by Crippen LogP contribution is -2.58. The van der Waals surface area contributed by atoms with Gasteiger partial charge >= 0.3 is 0 Å². The van der Waals surface area contributed by atoms with E-state index >= 15 is 0 Å². The van der Waals surface area contributed by atoms with Crippen molar-refractivity contribution in [2.75, 3.05) is 0 Å². The highest BCUT2D eigenvalue weighted by molar-refractivity contribution is 6.08. The van der Waals surface area contributed by atoms with Crippen LogP contribution in [0, 0.1) is 28.1 Å². The molecule has 3 heteroatoms. The number of ketones is 1. The second kappa shape index (κ2) is 5.39. The zero-order valence-corrected chi connectivity index (χ0v) is 14.6. The molecule has 3 nitrogen and oxygen atoms in total. The summed E-state index contributed by atoms with van der Waals surface area (Å²) >= 11 is 0. The average molecular weight is 316 g/mol. The summed E-state index contributed by atoms with van der Waals surface area (Å²) in [6, 6.07) is 0. The number of allylic oxidation sites excluding steroid dienone is 2. The van der Waals surface area contributed by atoms with Crippen LogP contribution in [0.5, 0.6) is 0 Å². The first-order valence-corrected chi connectivity index (χ1v) is 8.97. The normalized spacial score (nSPS) is 42.7. The van der Waals surface area contributed by atoms with Crippen LogP contribution in [0.3, 0.4) is 0 Å². The predicted octanol–water partition coefficient (Wildman–Crippen LogP) is 3.90. The van der Waals surface area contributed by atoms with Crippen molar-refractivity contribution in [1.29, 1.82) is 0 Å². The molecule has 3 aliphatic rings. The van der Waals surface area contributed by atoms with Crippen LogP contribution in [0.15, 0.2) is 11.6 Å². The van der Waals surface area contributed by atoms with Crippen molar-refractivity contribution in [3.63, 3.8) is 0 Å². The fourth-order valence-electron chi connectivity index (χ4n) is 6.31. The first kappa shape index (κ1) is 16.6. The molecule has 126 valence electrons. The van der Waals surface area contributed by atoms with Gasteiger partial charge in [0.1, 0.15) is 12.6 Å². The number of carbonyl (C=O) groups is 3. The molecule has 0 aromatic carbocycles. The lowest BCUT2D eigenvalue weighted by Gasteiger charge is -2.61. The van der Waals surface area contributed by atoms with E-state index in [9.17, 15) is 14.4 Å². The Labute approximate surface area is 138 Å². The smallest absolute Gasteiger partial charge is 0.169 e. The number of carbonyl (C=O) groups excluding carboxylic acids is 3. The Kier molecular flexibility index (Phi) is 3.89. The Morgan fingerprint density at radius 2 is 1.78 bits per heavy atom. The quantitative estimate of drug-likeness (QED) is 0.573. The van der Waals surface area contributed by atoms with Crippen molar-refractivity contribution in [1.82, 2.24) is 0 Å². The van der Waals surface area contributed by atoms with Crippen molar-refractivity contribution in [3.8, 4) is 0 Å². The van der Waals surface area contributed by atoms with Gasteiger partial charge < -0.3 is 4.79 Å². The Morgan fingerprint density at radius 1 is 1.04 bits per heavy atom. The third-order valence-electron chi connectivity index (χ3n) is 7.40. The molecule has 0 aromatic rings. The molecule has 0 heterocycles. The second-order valence-corrected chi connectivity index (χ2v) is 8.89. The highest BCUT2D eigenvalue weighted by Gasteiger charge is 2.61. The molecule has 0 aliphatic heterocycles. The minimum Gasteiger partial charge on any atom is -0.302 e. The standard InChI is InChI=1S/C20H28O3/c1-18(2)8-4-9-19(3)15(18)7-10-20(13-22)16(19)6-5-14(12-21)11-17(20)23/h11-13,15-16H,4-10H2,1-3H3/t15?,16-,19+,20+/m1/s1. The molecular weight excluding hydrogens is 288 g/mol.